The number of fused-ring (bicyclic) bond motifs is 6. The van der Waals surface area contributed by atoms with Gasteiger partial charge in [0.25, 0.3) is 0 Å². The monoisotopic (exact) mass is 635 g/mol. The lowest BCUT2D eigenvalue weighted by Gasteiger charge is -2.27. The number of carbonyl (C=O) groups is 1. The molecule has 4 aromatic rings. The van der Waals surface area contributed by atoms with Crippen molar-refractivity contribution in [3.8, 4) is 0 Å². The first kappa shape index (κ1) is 33.4. The van der Waals surface area contributed by atoms with Gasteiger partial charge >= 0.3 is 0 Å². The van der Waals surface area contributed by atoms with Gasteiger partial charge in [0.15, 0.2) is 5.71 Å². The summed E-state index contributed by atoms with van der Waals surface area (Å²) in [7, 11) is 0. The summed E-state index contributed by atoms with van der Waals surface area (Å²) >= 11 is 0. The summed E-state index contributed by atoms with van der Waals surface area (Å²) in [6.45, 7) is 13.7. The van der Waals surface area contributed by atoms with Crippen molar-refractivity contribution in [3.05, 3.63) is 132 Å². The molecule has 0 saturated heterocycles. The Labute approximate surface area is 287 Å². The van der Waals surface area contributed by atoms with Crippen LogP contribution in [0, 0.1) is 0 Å². The van der Waals surface area contributed by atoms with Gasteiger partial charge in [0.1, 0.15) is 12.8 Å². The van der Waals surface area contributed by atoms with Crippen molar-refractivity contribution >= 4 is 44.9 Å². The van der Waals surface area contributed by atoms with E-state index in [1.165, 1.54) is 68.3 Å². The van der Waals surface area contributed by atoms with Gasteiger partial charge in [0.2, 0.25) is 5.69 Å². The van der Waals surface area contributed by atoms with Crippen LogP contribution in [0.1, 0.15) is 84.3 Å². The minimum absolute atomic E-state index is 0.0849. The Bertz CT molecular complexity index is 1970. The van der Waals surface area contributed by atoms with Crippen LogP contribution in [0.15, 0.2) is 121 Å². The van der Waals surface area contributed by atoms with Crippen molar-refractivity contribution in [1.82, 2.24) is 0 Å². The Hall–Kier alpha value is -4.50. The Balaban J connectivity index is 1.25. The van der Waals surface area contributed by atoms with E-state index in [0.29, 0.717) is 6.42 Å². The molecule has 0 saturated carbocycles. The average Bonchev–Trinajstić information content (AvgIpc) is 3.45. The Morgan fingerprint density at radius 3 is 2.08 bits per heavy atom. The lowest BCUT2D eigenvalue weighted by Crippen LogP contribution is -2.28. The Morgan fingerprint density at radius 1 is 0.688 bits per heavy atom. The molecule has 0 aliphatic carbocycles. The zero-order valence-electron chi connectivity index (χ0n) is 29.5. The first-order chi connectivity index (χ1) is 23.3. The SMILES string of the molecule is CCCCN1\C(=C/C=C/C=C/C=C/C2=[N+](CCCCCC=O)c3ccc4ccccc4c3C2(C)C)C(C)(C)c2c1ccc1ccccc21. The van der Waals surface area contributed by atoms with E-state index in [-0.39, 0.29) is 10.8 Å². The van der Waals surface area contributed by atoms with Crippen LogP contribution in [-0.4, -0.2) is 29.7 Å². The maximum Gasteiger partial charge on any atom is 0.210 e. The normalized spacial score (nSPS) is 17.6. The van der Waals surface area contributed by atoms with Gasteiger partial charge < -0.3 is 9.69 Å². The zero-order chi connectivity index (χ0) is 33.7. The van der Waals surface area contributed by atoms with Gasteiger partial charge in [-0.25, -0.2) is 0 Å². The highest BCUT2D eigenvalue weighted by Gasteiger charge is 2.45. The van der Waals surface area contributed by atoms with Crippen LogP contribution >= 0.6 is 0 Å². The van der Waals surface area contributed by atoms with Crippen LogP contribution in [0.25, 0.3) is 21.5 Å². The van der Waals surface area contributed by atoms with Crippen molar-refractivity contribution in [2.75, 3.05) is 18.0 Å². The molecular weight excluding hydrogens is 585 g/mol. The lowest BCUT2D eigenvalue weighted by molar-refractivity contribution is -0.438. The molecule has 0 aromatic heterocycles. The van der Waals surface area contributed by atoms with Crippen LogP contribution in [0.2, 0.25) is 0 Å². The van der Waals surface area contributed by atoms with Crippen molar-refractivity contribution in [3.63, 3.8) is 0 Å². The van der Waals surface area contributed by atoms with Crippen LogP contribution < -0.4 is 4.90 Å². The molecule has 3 nitrogen and oxygen atoms in total. The first-order valence-electron chi connectivity index (χ1n) is 17.9. The highest BCUT2D eigenvalue weighted by Crippen LogP contribution is 2.51. The van der Waals surface area contributed by atoms with E-state index in [2.05, 4.69) is 159 Å². The predicted molar refractivity (Wildman–Crippen MR) is 206 cm³/mol. The molecule has 6 rings (SSSR count). The van der Waals surface area contributed by atoms with Crippen molar-refractivity contribution < 1.29 is 9.37 Å². The van der Waals surface area contributed by atoms with Gasteiger partial charge in [-0.1, -0.05) is 112 Å². The number of benzene rings is 4. The highest BCUT2D eigenvalue weighted by molar-refractivity contribution is 6.07. The highest BCUT2D eigenvalue weighted by atomic mass is 16.1. The number of aldehydes is 1. The molecule has 2 aliphatic rings. The minimum Gasteiger partial charge on any atom is -0.344 e. The number of anilines is 1. The number of rotatable bonds is 13. The molecule has 0 atom stereocenters. The molecule has 4 aromatic carbocycles. The molecule has 0 spiro atoms. The third-order valence-corrected chi connectivity index (χ3v) is 10.4. The summed E-state index contributed by atoms with van der Waals surface area (Å²) in [5.74, 6) is 0. The lowest BCUT2D eigenvalue weighted by atomic mass is 9.79. The summed E-state index contributed by atoms with van der Waals surface area (Å²) in [4.78, 5) is 13.4. The largest absolute Gasteiger partial charge is 0.344 e. The van der Waals surface area contributed by atoms with E-state index >= 15 is 0 Å². The Kier molecular flexibility index (Phi) is 9.96. The molecular formula is C45H51N2O+. The summed E-state index contributed by atoms with van der Waals surface area (Å²) in [5, 5.41) is 5.28. The molecule has 2 heterocycles. The van der Waals surface area contributed by atoms with E-state index in [1.54, 1.807) is 0 Å². The molecule has 0 amide bonds. The molecule has 0 unspecified atom stereocenters. The van der Waals surface area contributed by atoms with Crippen molar-refractivity contribution in [2.45, 2.75) is 84.0 Å². The van der Waals surface area contributed by atoms with E-state index in [9.17, 15) is 4.79 Å². The summed E-state index contributed by atoms with van der Waals surface area (Å²) in [5.41, 5.74) is 7.98. The number of hydrogen-bond acceptors (Lipinski definition) is 2. The molecule has 48 heavy (non-hydrogen) atoms. The van der Waals surface area contributed by atoms with Crippen molar-refractivity contribution in [2.24, 2.45) is 0 Å². The van der Waals surface area contributed by atoms with Gasteiger partial charge in [0, 0.05) is 53.9 Å². The number of hydrogen-bond donors (Lipinski definition) is 0. The molecule has 246 valence electrons. The second kappa shape index (κ2) is 14.3. The molecule has 2 aliphatic heterocycles. The summed E-state index contributed by atoms with van der Waals surface area (Å²) in [6, 6.07) is 26.7. The van der Waals surface area contributed by atoms with Gasteiger partial charge in [-0.05, 0) is 78.4 Å². The van der Waals surface area contributed by atoms with Gasteiger partial charge in [0.05, 0.1) is 5.41 Å². The van der Waals surface area contributed by atoms with Crippen molar-refractivity contribution in [1.29, 1.82) is 0 Å². The standard InChI is InChI=1S/C45H51N2O/c1-6-7-31-46-38-29-27-34-21-15-17-23-36(34)42(38)44(2,3)40(46)25-13-9-8-10-14-26-41-45(4,5)43-37-24-18-16-22-35(37)28-30-39(43)47(41)32-19-11-12-20-33-48/h8-10,13-18,21-30,33H,6-7,11-12,19-20,31-32H2,1-5H3/q+1. The fourth-order valence-electron chi connectivity index (χ4n) is 8.03. The van der Waals surface area contributed by atoms with E-state index in [1.807, 2.05) is 0 Å². The second-order valence-electron chi connectivity index (χ2n) is 14.4. The number of unbranched alkanes of at least 4 members (excludes halogenated alkanes) is 4. The first-order valence-corrected chi connectivity index (χ1v) is 17.9. The number of nitrogens with zero attached hydrogens (tertiary/aromatic N) is 2. The maximum absolute atomic E-state index is 10.9. The van der Waals surface area contributed by atoms with Crippen LogP contribution in [0.5, 0.6) is 0 Å². The zero-order valence-corrected chi connectivity index (χ0v) is 29.5. The van der Waals surface area contributed by atoms with Gasteiger partial charge in [-0.3, -0.25) is 0 Å². The second-order valence-corrected chi connectivity index (χ2v) is 14.4. The van der Waals surface area contributed by atoms with E-state index < -0.39 is 0 Å². The molecule has 3 heteroatoms. The number of carbonyl (C=O) groups excluding carboxylic acids is 1. The predicted octanol–water partition coefficient (Wildman–Crippen LogP) is 11.3. The third-order valence-electron chi connectivity index (χ3n) is 10.4. The topological polar surface area (TPSA) is 23.3 Å². The van der Waals surface area contributed by atoms with Crippen LogP contribution in [0.3, 0.4) is 0 Å². The summed E-state index contributed by atoms with van der Waals surface area (Å²) < 4.78 is 2.52. The summed E-state index contributed by atoms with van der Waals surface area (Å²) in [6.07, 6.45) is 22.6. The van der Waals surface area contributed by atoms with Gasteiger partial charge in [-0.15, -0.1) is 0 Å². The molecule has 0 bridgehead atoms. The fourth-order valence-corrected chi connectivity index (χ4v) is 8.03. The van der Waals surface area contributed by atoms with E-state index in [0.717, 1.165) is 38.6 Å². The molecule has 0 fully saturated rings. The van der Waals surface area contributed by atoms with E-state index in [4.69, 9.17) is 0 Å². The van der Waals surface area contributed by atoms with Gasteiger partial charge in [-0.2, -0.15) is 4.58 Å². The maximum atomic E-state index is 10.9. The smallest absolute Gasteiger partial charge is 0.210 e. The molecule has 0 radical (unpaired) electrons. The molecule has 0 N–H and O–H groups in total. The quantitative estimate of drug-likeness (QED) is 0.0631. The Morgan fingerprint density at radius 2 is 1.35 bits per heavy atom. The van der Waals surface area contributed by atoms with Crippen LogP contribution in [0.4, 0.5) is 11.4 Å². The minimum atomic E-state index is -0.126. The number of allylic oxidation sites excluding steroid dienone is 8. The fraction of sp³-hybridized carbons (Fsp3) is 0.333. The third kappa shape index (κ3) is 6.23. The average molecular weight is 636 g/mol. The van der Waals surface area contributed by atoms with Crippen LogP contribution in [-0.2, 0) is 15.6 Å².